The van der Waals surface area contributed by atoms with Crippen molar-refractivity contribution in [1.29, 1.82) is 0 Å². The fourth-order valence-electron chi connectivity index (χ4n) is 5.55. The highest BCUT2D eigenvalue weighted by atomic mass is 15.2. The van der Waals surface area contributed by atoms with E-state index in [4.69, 9.17) is 0 Å². The van der Waals surface area contributed by atoms with Crippen molar-refractivity contribution in [3.05, 3.63) is 0 Å². The van der Waals surface area contributed by atoms with Crippen LogP contribution in [0.2, 0.25) is 0 Å². The average Bonchev–Trinajstić information content (AvgIpc) is 2.97. The zero-order valence-electron chi connectivity index (χ0n) is 12.4. The molecule has 4 unspecified atom stereocenters. The van der Waals surface area contributed by atoms with Gasteiger partial charge in [0.05, 0.1) is 0 Å². The molecule has 2 saturated carbocycles. The smallest absolute Gasteiger partial charge is 0.0223 e. The number of hydrogen-bond acceptors (Lipinski definition) is 2. The van der Waals surface area contributed by atoms with Crippen LogP contribution < -0.4 is 0 Å². The number of hydrogen-bond donors (Lipinski definition) is 0. The van der Waals surface area contributed by atoms with E-state index in [9.17, 15) is 0 Å². The summed E-state index contributed by atoms with van der Waals surface area (Å²) in [5.41, 5.74) is 0. The van der Waals surface area contributed by atoms with Crippen LogP contribution in [0.15, 0.2) is 0 Å². The Balaban J connectivity index is 1.36. The summed E-state index contributed by atoms with van der Waals surface area (Å²) in [7, 11) is 0. The Labute approximate surface area is 118 Å². The van der Waals surface area contributed by atoms with E-state index < -0.39 is 0 Å². The summed E-state index contributed by atoms with van der Waals surface area (Å²) in [6.07, 6.45) is 12.1. The molecule has 2 aliphatic carbocycles. The Hall–Kier alpha value is -0.0800. The lowest BCUT2D eigenvalue weighted by atomic mass is 9.88. The Kier molecular flexibility index (Phi) is 3.57. The summed E-state index contributed by atoms with van der Waals surface area (Å²) in [6.45, 7) is 6.95. The maximum atomic E-state index is 2.85. The van der Waals surface area contributed by atoms with Crippen molar-refractivity contribution < 1.29 is 0 Å². The van der Waals surface area contributed by atoms with E-state index in [0.29, 0.717) is 0 Å². The SMILES string of the molecule is C1CCN2CCCN(CC3CC4CCC3C4)CC2C1. The molecule has 19 heavy (non-hydrogen) atoms. The van der Waals surface area contributed by atoms with Gasteiger partial charge in [-0.1, -0.05) is 12.8 Å². The molecule has 2 aliphatic heterocycles. The maximum absolute atomic E-state index is 2.85. The van der Waals surface area contributed by atoms with Crippen LogP contribution in [0.1, 0.15) is 51.4 Å². The number of nitrogens with zero attached hydrogens (tertiary/aromatic N) is 2. The Morgan fingerprint density at radius 2 is 1.79 bits per heavy atom. The summed E-state index contributed by atoms with van der Waals surface area (Å²) in [5.74, 6) is 3.29. The van der Waals surface area contributed by atoms with Crippen LogP contribution in [0.5, 0.6) is 0 Å². The molecule has 0 aromatic heterocycles. The summed E-state index contributed by atoms with van der Waals surface area (Å²) in [4.78, 5) is 5.64. The van der Waals surface area contributed by atoms with Crippen LogP contribution in [0.25, 0.3) is 0 Å². The van der Waals surface area contributed by atoms with Crippen LogP contribution in [-0.4, -0.2) is 48.6 Å². The van der Waals surface area contributed by atoms with Crippen molar-refractivity contribution in [2.45, 2.75) is 57.4 Å². The quantitative estimate of drug-likeness (QED) is 0.755. The average molecular weight is 262 g/mol. The summed E-state index contributed by atoms with van der Waals surface area (Å²) in [5, 5.41) is 0. The van der Waals surface area contributed by atoms with Gasteiger partial charge in [0.15, 0.2) is 0 Å². The van der Waals surface area contributed by atoms with Crippen molar-refractivity contribution in [1.82, 2.24) is 9.80 Å². The van der Waals surface area contributed by atoms with Crippen LogP contribution in [0.4, 0.5) is 0 Å². The standard InChI is InChI=1S/C17H30N2/c1-2-8-19-9-3-7-18(13-17(19)4-1)12-16-11-14-5-6-15(16)10-14/h14-17H,1-13H2. The highest BCUT2D eigenvalue weighted by molar-refractivity contribution is 4.92. The Morgan fingerprint density at radius 1 is 0.842 bits per heavy atom. The molecule has 2 nitrogen and oxygen atoms in total. The van der Waals surface area contributed by atoms with E-state index >= 15 is 0 Å². The minimum Gasteiger partial charge on any atom is -0.301 e. The molecule has 0 aromatic rings. The molecule has 2 heteroatoms. The first-order valence-electron chi connectivity index (χ1n) is 8.85. The normalized spacial score (nSPS) is 44.2. The molecule has 108 valence electrons. The maximum Gasteiger partial charge on any atom is 0.0223 e. The molecule has 4 aliphatic rings. The summed E-state index contributed by atoms with van der Waals surface area (Å²) in [6, 6.07) is 0.898. The number of fused-ring (bicyclic) bond motifs is 3. The number of piperidine rings is 1. The summed E-state index contributed by atoms with van der Waals surface area (Å²) < 4.78 is 0. The van der Waals surface area contributed by atoms with Crippen molar-refractivity contribution in [3.63, 3.8) is 0 Å². The number of rotatable bonds is 2. The molecule has 0 radical (unpaired) electrons. The molecule has 4 rings (SSSR count). The highest BCUT2D eigenvalue weighted by Crippen LogP contribution is 2.48. The summed E-state index contributed by atoms with van der Waals surface area (Å²) >= 11 is 0. The second-order valence-electron chi connectivity index (χ2n) is 7.73. The largest absolute Gasteiger partial charge is 0.301 e. The topological polar surface area (TPSA) is 6.48 Å². The zero-order valence-corrected chi connectivity index (χ0v) is 12.4. The molecule has 0 spiro atoms. The van der Waals surface area contributed by atoms with Gasteiger partial charge < -0.3 is 4.90 Å². The second-order valence-corrected chi connectivity index (χ2v) is 7.73. The van der Waals surface area contributed by atoms with E-state index in [0.717, 1.165) is 23.8 Å². The molecule has 2 bridgehead atoms. The molecular formula is C17H30N2. The molecule has 0 amide bonds. The third kappa shape index (κ3) is 2.58. The van der Waals surface area contributed by atoms with Crippen LogP contribution >= 0.6 is 0 Å². The van der Waals surface area contributed by atoms with Crippen molar-refractivity contribution in [2.24, 2.45) is 17.8 Å². The minimum atomic E-state index is 0.898. The Morgan fingerprint density at radius 3 is 2.63 bits per heavy atom. The third-order valence-corrected chi connectivity index (χ3v) is 6.51. The zero-order chi connectivity index (χ0) is 12.7. The van der Waals surface area contributed by atoms with Gasteiger partial charge in [-0.05, 0) is 75.9 Å². The van der Waals surface area contributed by atoms with Crippen molar-refractivity contribution >= 4 is 0 Å². The van der Waals surface area contributed by atoms with Gasteiger partial charge in [-0.2, -0.15) is 0 Å². The fourth-order valence-corrected chi connectivity index (χ4v) is 5.55. The predicted octanol–water partition coefficient (Wildman–Crippen LogP) is 2.98. The molecular weight excluding hydrogens is 232 g/mol. The first kappa shape index (κ1) is 12.6. The van der Waals surface area contributed by atoms with Gasteiger partial charge in [0, 0.05) is 19.1 Å². The first-order chi connectivity index (χ1) is 9.38. The van der Waals surface area contributed by atoms with Gasteiger partial charge in [0.25, 0.3) is 0 Å². The van der Waals surface area contributed by atoms with Gasteiger partial charge in [-0.15, -0.1) is 0 Å². The lowest BCUT2D eigenvalue weighted by Crippen LogP contribution is -2.45. The lowest BCUT2D eigenvalue weighted by Gasteiger charge is -2.36. The van der Waals surface area contributed by atoms with Crippen molar-refractivity contribution in [3.8, 4) is 0 Å². The third-order valence-electron chi connectivity index (χ3n) is 6.51. The molecule has 2 saturated heterocycles. The van der Waals surface area contributed by atoms with E-state index in [1.54, 1.807) is 25.7 Å². The second kappa shape index (κ2) is 5.37. The molecule has 4 fully saturated rings. The first-order valence-corrected chi connectivity index (χ1v) is 8.85. The van der Waals surface area contributed by atoms with E-state index in [2.05, 4.69) is 9.80 Å². The van der Waals surface area contributed by atoms with Gasteiger partial charge >= 0.3 is 0 Å². The van der Waals surface area contributed by atoms with Crippen LogP contribution in [0.3, 0.4) is 0 Å². The van der Waals surface area contributed by atoms with E-state index in [1.165, 1.54) is 58.4 Å². The monoisotopic (exact) mass is 262 g/mol. The molecule has 0 N–H and O–H groups in total. The van der Waals surface area contributed by atoms with Gasteiger partial charge in [0.2, 0.25) is 0 Å². The van der Waals surface area contributed by atoms with E-state index in [1.807, 2.05) is 0 Å². The molecule has 2 heterocycles. The van der Waals surface area contributed by atoms with Gasteiger partial charge in [-0.3, -0.25) is 4.90 Å². The lowest BCUT2D eigenvalue weighted by molar-refractivity contribution is 0.123. The van der Waals surface area contributed by atoms with Gasteiger partial charge in [0.1, 0.15) is 0 Å². The fraction of sp³-hybridized carbons (Fsp3) is 1.00. The minimum absolute atomic E-state index is 0.898. The molecule has 0 aromatic carbocycles. The predicted molar refractivity (Wildman–Crippen MR) is 79.2 cm³/mol. The van der Waals surface area contributed by atoms with Gasteiger partial charge in [-0.25, -0.2) is 0 Å². The molecule has 4 atom stereocenters. The van der Waals surface area contributed by atoms with Crippen LogP contribution in [0, 0.1) is 17.8 Å². The highest BCUT2D eigenvalue weighted by Gasteiger charge is 2.40. The van der Waals surface area contributed by atoms with Crippen LogP contribution in [-0.2, 0) is 0 Å². The van der Waals surface area contributed by atoms with Crippen molar-refractivity contribution in [2.75, 3.05) is 32.7 Å². The van der Waals surface area contributed by atoms with E-state index in [-0.39, 0.29) is 0 Å². The Bertz CT molecular complexity index is 316.